The van der Waals surface area contributed by atoms with Gasteiger partial charge in [0.05, 0.1) is 0 Å². The van der Waals surface area contributed by atoms with E-state index in [9.17, 15) is 9.59 Å². The molecule has 0 spiro atoms. The molecular weight excluding hydrogens is 290 g/mol. The van der Waals surface area contributed by atoms with E-state index in [-0.39, 0.29) is 11.4 Å². The van der Waals surface area contributed by atoms with E-state index in [1.807, 2.05) is 9.80 Å². The zero-order valence-electron chi connectivity index (χ0n) is 14.9. The summed E-state index contributed by atoms with van der Waals surface area (Å²) in [5.41, 5.74) is -0.0929. The molecule has 130 valence electrons. The number of piperidine rings is 1. The van der Waals surface area contributed by atoms with Crippen molar-refractivity contribution < 1.29 is 9.59 Å². The summed E-state index contributed by atoms with van der Waals surface area (Å²) in [4.78, 5) is 31.2. The van der Waals surface area contributed by atoms with Crippen molar-refractivity contribution in [2.24, 2.45) is 11.3 Å². The Morgan fingerprint density at radius 1 is 1.17 bits per heavy atom. The summed E-state index contributed by atoms with van der Waals surface area (Å²) < 4.78 is 0. The largest absolute Gasteiger partial charge is 0.342 e. The molecule has 0 aromatic carbocycles. The van der Waals surface area contributed by atoms with Gasteiger partial charge in [-0.15, -0.1) is 0 Å². The van der Waals surface area contributed by atoms with E-state index in [2.05, 4.69) is 25.7 Å². The van der Waals surface area contributed by atoms with Crippen molar-refractivity contribution in [2.75, 3.05) is 32.7 Å². The Morgan fingerprint density at radius 3 is 2.35 bits per heavy atom. The van der Waals surface area contributed by atoms with Crippen LogP contribution in [0.4, 0.5) is 4.79 Å². The molecule has 3 rings (SSSR count). The van der Waals surface area contributed by atoms with Crippen LogP contribution in [-0.2, 0) is 4.79 Å². The summed E-state index contributed by atoms with van der Waals surface area (Å²) >= 11 is 0. The van der Waals surface area contributed by atoms with E-state index in [1.165, 1.54) is 6.42 Å². The fourth-order valence-electron chi connectivity index (χ4n) is 4.23. The molecular formula is C18H31N3O2. The minimum atomic E-state index is -0.0929. The SMILES string of the molecule is CC(C)CN1CCN(C2CCN(C(=O)C3(C)CCC3)CC2)C1=O. The van der Waals surface area contributed by atoms with Crippen LogP contribution in [-0.4, -0.2) is 65.4 Å². The lowest BCUT2D eigenvalue weighted by Gasteiger charge is -2.44. The number of nitrogens with zero attached hydrogens (tertiary/aromatic N) is 3. The Labute approximate surface area is 140 Å². The standard InChI is InChI=1S/C18H31N3O2/c1-14(2)13-20-11-12-21(17(20)23)15-5-9-19(10-6-15)16(22)18(3)7-4-8-18/h14-15H,4-13H2,1-3H3. The lowest BCUT2D eigenvalue weighted by Crippen LogP contribution is -2.52. The summed E-state index contributed by atoms with van der Waals surface area (Å²) in [5.74, 6) is 0.859. The second kappa shape index (κ2) is 6.33. The molecule has 2 heterocycles. The number of likely N-dealkylation sites (tertiary alicyclic amines) is 1. The third kappa shape index (κ3) is 3.20. The van der Waals surface area contributed by atoms with Gasteiger partial charge in [0.25, 0.3) is 0 Å². The first-order chi connectivity index (χ1) is 10.9. The van der Waals surface area contributed by atoms with Crippen molar-refractivity contribution in [1.29, 1.82) is 0 Å². The molecule has 23 heavy (non-hydrogen) atoms. The Balaban J connectivity index is 1.51. The molecule has 1 saturated carbocycles. The fraction of sp³-hybridized carbons (Fsp3) is 0.889. The fourth-order valence-corrected chi connectivity index (χ4v) is 4.23. The molecule has 0 atom stereocenters. The summed E-state index contributed by atoms with van der Waals surface area (Å²) in [6.45, 7) is 10.6. The monoisotopic (exact) mass is 321 g/mol. The van der Waals surface area contributed by atoms with Gasteiger partial charge in [-0.1, -0.05) is 27.2 Å². The molecule has 0 unspecified atom stereocenters. The van der Waals surface area contributed by atoms with Gasteiger partial charge in [-0.25, -0.2) is 4.79 Å². The zero-order valence-corrected chi connectivity index (χ0v) is 14.9. The molecule has 2 saturated heterocycles. The van der Waals surface area contributed by atoms with Crippen molar-refractivity contribution in [3.8, 4) is 0 Å². The van der Waals surface area contributed by atoms with Crippen LogP contribution < -0.4 is 0 Å². The van der Waals surface area contributed by atoms with E-state index in [0.29, 0.717) is 17.9 Å². The summed E-state index contributed by atoms with van der Waals surface area (Å²) in [7, 11) is 0. The van der Waals surface area contributed by atoms with Crippen LogP contribution in [0.15, 0.2) is 0 Å². The second-order valence-corrected chi connectivity index (χ2v) is 8.25. The first-order valence-corrected chi connectivity index (χ1v) is 9.25. The number of carbonyl (C=O) groups is 2. The van der Waals surface area contributed by atoms with E-state index in [4.69, 9.17) is 0 Å². The first-order valence-electron chi connectivity index (χ1n) is 9.25. The molecule has 0 aromatic rings. The van der Waals surface area contributed by atoms with Crippen LogP contribution in [0.25, 0.3) is 0 Å². The topological polar surface area (TPSA) is 43.9 Å². The molecule has 0 N–H and O–H groups in total. The van der Waals surface area contributed by atoms with Gasteiger partial charge in [0.2, 0.25) is 5.91 Å². The van der Waals surface area contributed by atoms with Crippen molar-refractivity contribution in [3.63, 3.8) is 0 Å². The van der Waals surface area contributed by atoms with Crippen LogP contribution in [0.1, 0.15) is 52.9 Å². The molecule has 3 aliphatic rings. The van der Waals surface area contributed by atoms with Crippen LogP contribution in [0, 0.1) is 11.3 Å². The highest BCUT2D eigenvalue weighted by Crippen LogP contribution is 2.42. The predicted molar refractivity (Wildman–Crippen MR) is 90.1 cm³/mol. The molecule has 5 nitrogen and oxygen atoms in total. The molecule has 3 fully saturated rings. The Kier molecular flexibility index (Phi) is 4.56. The first kappa shape index (κ1) is 16.6. The Hall–Kier alpha value is -1.26. The molecule has 1 aliphatic carbocycles. The summed E-state index contributed by atoms with van der Waals surface area (Å²) in [6.07, 6.45) is 5.14. The number of carbonyl (C=O) groups excluding carboxylic acids is 2. The van der Waals surface area contributed by atoms with Crippen molar-refractivity contribution in [3.05, 3.63) is 0 Å². The molecule has 0 aromatic heterocycles. The molecule has 2 aliphatic heterocycles. The number of rotatable bonds is 4. The number of hydrogen-bond acceptors (Lipinski definition) is 2. The van der Waals surface area contributed by atoms with Gasteiger partial charge < -0.3 is 14.7 Å². The lowest BCUT2D eigenvalue weighted by atomic mass is 9.69. The van der Waals surface area contributed by atoms with E-state index >= 15 is 0 Å². The maximum absolute atomic E-state index is 12.6. The molecule has 3 amide bonds. The smallest absolute Gasteiger partial charge is 0.320 e. The van der Waals surface area contributed by atoms with Crippen LogP contribution >= 0.6 is 0 Å². The van der Waals surface area contributed by atoms with Crippen molar-refractivity contribution >= 4 is 11.9 Å². The number of hydrogen-bond donors (Lipinski definition) is 0. The highest BCUT2D eigenvalue weighted by molar-refractivity contribution is 5.83. The van der Waals surface area contributed by atoms with Gasteiger partial charge in [0.1, 0.15) is 0 Å². The maximum atomic E-state index is 12.6. The third-order valence-electron chi connectivity index (χ3n) is 5.88. The molecule has 0 bridgehead atoms. The average molecular weight is 321 g/mol. The Bertz CT molecular complexity index is 465. The minimum Gasteiger partial charge on any atom is -0.342 e. The normalized spacial score (nSPS) is 25.2. The quantitative estimate of drug-likeness (QED) is 0.799. The number of urea groups is 1. The van der Waals surface area contributed by atoms with Gasteiger partial charge in [-0.05, 0) is 31.6 Å². The Morgan fingerprint density at radius 2 is 1.83 bits per heavy atom. The maximum Gasteiger partial charge on any atom is 0.320 e. The lowest BCUT2D eigenvalue weighted by molar-refractivity contribution is -0.147. The van der Waals surface area contributed by atoms with E-state index in [1.54, 1.807) is 0 Å². The predicted octanol–water partition coefficient (Wildman–Crippen LogP) is 2.56. The van der Waals surface area contributed by atoms with E-state index in [0.717, 1.165) is 58.4 Å². The molecule has 0 radical (unpaired) electrons. The van der Waals surface area contributed by atoms with Gasteiger partial charge in [-0.2, -0.15) is 0 Å². The second-order valence-electron chi connectivity index (χ2n) is 8.25. The summed E-state index contributed by atoms with van der Waals surface area (Å²) in [5, 5.41) is 0. The van der Waals surface area contributed by atoms with Gasteiger partial charge in [0, 0.05) is 44.2 Å². The third-order valence-corrected chi connectivity index (χ3v) is 5.88. The van der Waals surface area contributed by atoms with Crippen molar-refractivity contribution in [1.82, 2.24) is 14.7 Å². The van der Waals surface area contributed by atoms with Gasteiger partial charge >= 0.3 is 6.03 Å². The molecule has 5 heteroatoms. The van der Waals surface area contributed by atoms with Gasteiger partial charge in [0.15, 0.2) is 0 Å². The average Bonchev–Trinajstić information content (AvgIpc) is 2.85. The van der Waals surface area contributed by atoms with Crippen LogP contribution in [0.3, 0.4) is 0 Å². The minimum absolute atomic E-state index is 0.0929. The zero-order chi connectivity index (χ0) is 16.6. The highest BCUT2D eigenvalue weighted by atomic mass is 16.2. The van der Waals surface area contributed by atoms with E-state index < -0.39 is 0 Å². The summed E-state index contributed by atoms with van der Waals surface area (Å²) in [6, 6.07) is 0.521. The van der Waals surface area contributed by atoms with Crippen LogP contribution in [0.2, 0.25) is 0 Å². The number of amides is 3. The van der Waals surface area contributed by atoms with Crippen molar-refractivity contribution in [2.45, 2.75) is 58.9 Å². The van der Waals surface area contributed by atoms with Gasteiger partial charge in [-0.3, -0.25) is 4.79 Å². The highest BCUT2D eigenvalue weighted by Gasteiger charge is 2.43. The van der Waals surface area contributed by atoms with Crippen LogP contribution in [0.5, 0.6) is 0 Å².